The molecule has 0 heterocycles. The number of hydrogen-bond donors (Lipinski definition) is 1. The highest BCUT2D eigenvalue weighted by atomic mass is 16.5. The van der Waals surface area contributed by atoms with Crippen molar-refractivity contribution >= 4 is 5.97 Å². The van der Waals surface area contributed by atoms with Crippen LogP contribution in [0.1, 0.15) is 52.4 Å². The van der Waals surface area contributed by atoms with Gasteiger partial charge in [-0.05, 0) is 56.4 Å². The summed E-state index contributed by atoms with van der Waals surface area (Å²) >= 11 is 0. The van der Waals surface area contributed by atoms with E-state index in [9.17, 15) is 4.79 Å². The molecule has 2 unspecified atom stereocenters. The number of ether oxygens (including phenoxy) is 1. The van der Waals surface area contributed by atoms with Crippen LogP contribution in [0.25, 0.3) is 0 Å². The van der Waals surface area contributed by atoms with Crippen LogP contribution in [0.4, 0.5) is 0 Å². The van der Waals surface area contributed by atoms with E-state index >= 15 is 0 Å². The third-order valence-electron chi connectivity index (χ3n) is 5.74. The summed E-state index contributed by atoms with van der Waals surface area (Å²) in [5, 5.41) is 3.56. The number of nitrogens with one attached hydrogen (secondary N) is 1. The van der Waals surface area contributed by atoms with Gasteiger partial charge in [0.2, 0.25) is 0 Å². The Balaban J connectivity index is 2.07. The molecular weight excluding hydrogens is 226 g/mol. The van der Waals surface area contributed by atoms with E-state index in [1.54, 1.807) is 0 Å². The molecule has 3 nitrogen and oxygen atoms in total. The van der Waals surface area contributed by atoms with Crippen LogP contribution in [-0.4, -0.2) is 25.7 Å². The number of esters is 1. The van der Waals surface area contributed by atoms with E-state index < -0.39 is 0 Å². The minimum Gasteiger partial charge on any atom is -0.469 e. The van der Waals surface area contributed by atoms with Crippen molar-refractivity contribution in [1.29, 1.82) is 0 Å². The molecule has 0 aromatic carbocycles. The maximum atomic E-state index is 12.4. The second-order valence-electron chi connectivity index (χ2n) is 7.98. The molecule has 0 aromatic heterocycles. The van der Waals surface area contributed by atoms with E-state index in [2.05, 4.69) is 26.2 Å². The first kappa shape index (κ1) is 12.5. The summed E-state index contributed by atoms with van der Waals surface area (Å²) in [5.41, 5.74) is 0.545. The van der Waals surface area contributed by atoms with Gasteiger partial charge in [-0.1, -0.05) is 13.8 Å². The monoisotopic (exact) mass is 251 g/mol. The van der Waals surface area contributed by atoms with Crippen molar-refractivity contribution in [3.05, 3.63) is 0 Å². The summed E-state index contributed by atoms with van der Waals surface area (Å²) in [6.45, 7) is 4.74. The van der Waals surface area contributed by atoms with Crippen LogP contribution >= 0.6 is 0 Å². The van der Waals surface area contributed by atoms with Crippen LogP contribution in [0.15, 0.2) is 0 Å². The van der Waals surface area contributed by atoms with Gasteiger partial charge < -0.3 is 10.1 Å². The molecule has 102 valence electrons. The molecule has 4 saturated carbocycles. The molecule has 3 heteroatoms. The van der Waals surface area contributed by atoms with Crippen molar-refractivity contribution in [2.24, 2.45) is 16.2 Å². The number of carbonyl (C=O) groups is 1. The van der Waals surface area contributed by atoms with Crippen LogP contribution in [0, 0.1) is 16.2 Å². The van der Waals surface area contributed by atoms with Gasteiger partial charge in [0.15, 0.2) is 0 Å². The molecule has 4 aliphatic rings. The van der Waals surface area contributed by atoms with Crippen LogP contribution in [0.2, 0.25) is 0 Å². The van der Waals surface area contributed by atoms with E-state index in [0.717, 1.165) is 19.3 Å². The predicted octanol–water partition coefficient (Wildman–Crippen LogP) is 2.50. The number of rotatable bonds is 2. The summed E-state index contributed by atoms with van der Waals surface area (Å²) in [7, 11) is 3.60. The van der Waals surface area contributed by atoms with E-state index in [0.29, 0.717) is 10.8 Å². The molecule has 0 spiro atoms. The Labute approximate surface area is 110 Å². The first-order chi connectivity index (χ1) is 8.28. The molecule has 1 N–H and O–H groups in total. The average Bonchev–Trinajstić information content (AvgIpc) is 2.23. The lowest BCUT2D eigenvalue weighted by Gasteiger charge is -2.68. The van der Waals surface area contributed by atoms with E-state index in [1.165, 1.54) is 26.4 Å². The molecule has 4 aliphatic carbocycles. The Kier molecular flexibility index (Phi) is 2.28. The highest BCUT2D eigenvalue weighted by molar-refractivity contribution is 5.78. The van der Waals surface area contributed by atoms with E-state index in [-0.39, 0.29) is 16.9 Å². The molecule has 4 rings (SSSR count). The van der Waals surface area contributed by atoms with Crippen molar-refractivity contribution in [2.75, 3.05) is 14.2 Å². The SMILES string of the molecule is CNC12CC3(C)CC(C)(C1)CC(C(=O)OC)(C3)C2. The topological polar surface area (TPSA) is 38.3 Å². The van der Waals surface area contributed by atoms with Gasteiger partial charge in [0, 0.05) is 5.54 Å². The van der Waals surface area contributed by atoms with Gasteiger partial charge >= 0.3 is 5.97 Å². The highest BCUT2D eigenvalue weighted by Gasteiger charge is 2.67. The fraction of sp³-hybridized carbons (Fsp3) is 0.933. The van der Waals surface area contributed by atoms with E-state index in [4.69, 9.17) is 4.74 Å². The molecule has 0 amide bonds. The van der Waals surface area contributed by atoms with E-state index in [1.807, 2.05) is 0 Å². The maximum Gasteiger partial charge on any atom is 0.311 e. The largest absolute Gasteiger partial charge is 0.469 e. The van der Waals surface area contributed by atoms with Gasteiger partial charge in [-0.3, -0.25) is 4.79 Å². The molecule has 0 aliphatic heterocycles. The Hall–Kier alpha value is -0.570. The average molecular weight is 251 g/mol. The van der Waals surface area contributed by atoms with Gasteiger partial charge in [-0.15, -0.1) is 0 Å². The Morgan fingerprint density at radius 3 is 2.00 bits per heavy atom. The van der Waals surface area contributed by atoms with Crippen molar-refractivity contribution < 1.29 is 9.53 Å². The summed E-state index contributed by atoms with van der Waals surface area (Å²) in [4.78, 5) is 12.4. The molecule has 0 saturated heterocycles. The fourth-order valence-corrected chi connectivity index (χ4v) is 6.39. The first-order valence-corrected chi connectivity index (χ1v) is 7.06. The van der Waals surface area contributed by atoms with Crippen LogP contribution in [-0.2, 0) is 9.53 Å². The summed E-state index contributed by atoms with van der Waals surface area (Å²) < 4.78 is 5.15. The summed E-state index contributed by atoms with van der Waals surface area (Å²) in [5.74, 6) is 0.0266. The third kappa shape index (κ3) is 1.49. The standard InChI is InChI=1S/C15H25NO2/c1-12-5-13(2)7-14(6-12,11(17)18-4)10-15(8-12,9-13)16-3/h16H,5-10H2,1-4H3. The van der Waals surface area contributed by atoms with Gasteiger partial charge in [-0.2, -0.15) is 0 Å². The lowest BCUT2D eigenvalue weighted by atomic mass is 9.38. The number of hydrogen-bond acceptors (Lipinski definition) is 3. The molecule has 2 atom stereocenters. The third-order valence-corrected chi connectivity index (χ3v) is 5.74. The molecule has 4 fully saturated rings. The Morgan fingerprint density at radius 1 is 1.00 bits per heavy atom. The lowest BCUT2D eigenvalue weighted by molar-refractivity contribution is -0.196. The zero-order chi connectivity index (χ0) is 13.2. The second-order valence-corrected chi connectivity index (χ2v) is 7.98. The molecular formula is C15H25NO2. The Bertz CT molecular complexity index is 385. The van der Waals surface area contributed by atoms with Crippen LogP contribution in [0.3, 0.4) is 0 Å². The van der Waals surface area contributed by atoms with Crippen molar-refractivity contribution in [2.45, 2.75) is 57.9 Å². The normalized spacial score (nSPS) is 53.6. The minimum absolute atomic E-state index is 0.0266. The van der Waals surface area contributed by atoms with Crippen LogP contribution in [0.5, 0.6) is 0 Å². The molecule has 4 bridgehead atoms. The lowest BCUT2D eigenvalue weighted by Crippen LogP contribution is -2.68. The van der Waals surface area contributed by atoms with Crippen molar-refractivity contribution in [1.82, 2.24) is 5.32 Å². The maximum absolute atomic E-state index is 12.4. The summed E-state index contributed by atoms with van der Waals surface area (Å²) in [6, 6.07) is 0. The highest BCUT2D eigenvalue weighted by Crippen LogP contribution is 2.70. The number of carbonyl (C=O) groups excluding carboxylic acids is 1. The fourth-order valence-electron chi connectivity index (χ4n) is 6.39. The zero-order valence-electron chi connectivity index (χ0n) is 12.1. The molecule has 0 radical (unpaired) electrons. The van der Waals surface area contributed by atoms with Gasteiger partial charge in [0.1, 0.15) is 0 Å². The smallest absolute Gasteiger partial charge is 0.311 e. The first-order valence-electron chi connectivity index (χ1n) is 7.06. The van der Waals surface area contributed by atoms with Gasteiger partial charge in [0.25, 0.3) is 0 Å². The summed E-state index contributed by atoms with van der Waals surface area (Å²) in [6.07, 6.45) is 6.70. The Morgan fingerprint density at radius 2 is 1.56 bits per heavy atom. The second kappa shape index (κ2) is 3.30. The number of methoxy groups -OCH3 is 1. The van der Waals surface area contributed by atoms with Gasteiger partial charge in [0.05, 0.1) is 12.5 Å². The van der Waals surface area contributed by atoms with Crippen LogP contribution < -0.4 is 5.32 Å². The zero-order valence-corrected chi connectivity index (χ0v) is 12.1. The quantitative estimate of drug-likeness (QED) is 0.766. The minimum atomic E-state index is -0.226. The van der Waals surface area contributed by atoms with Crippen molar-refractivity contribution in [3.63, 3.8) is 0 Å². The molecule has 18 heavy (non-hydrogen) atoms. The van der Waals surface area contributed by atoms with Crippen molar-refractivity contribution in [3.8, 4) is 0 Å². The molecule has 0 aromatic rings. The van der Waals surface area contributed by atoms with Gasteiger partial charge in [-0.25, -0.2) is 0 Å². The predicted molar refractivity (Wildman–Crippen MR) is 70.2 cm³/mol.